The highest BCUT2D eigenvalue weighted by molar-refractivity contribution is 7.98. The van der Waals surface area contributed by atoms with Gasteiger partial charge in [-0.05, 0) is 25.4 Å². The monoisotopic (exact) mass is 258 g/mol. The molecular formula is C9H18N6OS. The summed E-state index contributed by atoms with van der Waals surface area (Å²) in [7, 11) is 0. The Balaban J connectivity index is 2.59. The Bertz CT molecular complexity index is 337. The topological polar surface area (TPSA) is 98.0 Å². The second kappa shape index (κ2) is 7.91. The van der Waals surface area contributed by atoms with Crippen LogP contribution in [0, 0.1) is 0 Å². The number of nitrogens with one attached hydrogen (secondary N) is 2. The van der Waals surface area contributed by atoms with Gasteiger partial charge in [-0.3, -0.25) is 5.43 Å². The first-order chi connectivity index (χ1) is 8.30. The molecule has 1 rings (SSSR count). The van der Waals surface area contributed by atoms with E-state index in [0.717, 1.165) is 18.7 Å². The fourth-order valence-electron chi connectivity index (χ4n) is 1.11. The number of rotatable bonds is 8. The molecule has 1 heterocycles. The van der Waals surface area contributed by atoms with Crippen molar-refractivity contribution < 1.29 is 4.74 Å². The molecule has 0 saturated carbocycles. The fourth-order valence-corrected chi connectivity index (χ4v) is 1.54. The van der Waals surface area contributed by atoms with Crippen molar-refractivity contribution in [3.63, 3.8) is 0 Å². The zero-order chi connectivity index (χ0) is 12.5. The van der Waals surface area contributed by atoms with Crippen molar-refractivity contribution in [3.05, 3.63) is 0 Å². The molecule has 0 saturated heterocycles. The van der Waals surface area contributed by atoms with E-state index in [1.165, 1.54) is 0 Å². The van der Waals surface area contributed by atoms with Gasteiger partial charge in [-0.25, -0.2) is 5.84 Å². The maximum Gasteiger partial charge on any atom is 0.323 e. The summed E-state index contributed by atoms with van der Waals surface area (Å²) in [5.74, 6) is 7.12. The van der Waals surface area contributed by atoms with Gasteiger partial charge in [0.05, 0.1) is 6.61 Å². The van der Waals surface area contributed by atoms with Crippen LogP contribution in [-0.2, 0) is 0 Å². The van der Waals surface area contributed by atoms with Crippen molar-refractivity contribution in [3.8, 4) is 6.01 Å². The molecule has 0 aliphatic rings. The summed E-state index contributed by atoms with van der Waals surface area (Å²) in [6.45, 7) is 3.17. The highest BCUT2D eigenvalue weighted by Crippen LogP contribution is 2.10. The lowest BCUT2D eigenvalue weighted by Crippen LogP contribution is -2.15. The molecule has 96 valence electrons. The largest absolute Gasteiger partial charge is 0.464 e. The number of ether oxygens (including phenoxy) is 1. The van der Waals surface area contributed by atoms with E-state index in [1.807, 2.05) is 6.92 Å². The smallest absolute Gasteiger partial charge is 0.323 e. The van der Waals surface area contributed by atoms with E-state index in [1.54, 1.807) is 11.8 Å². The molecule has 0 fully saturated rings. The van der Waals surface area contributed by atoms with Crippen LogP contribution in [0.3, 0.4) is 0 Å². The normalized spacial score (nSPS) is 10.1. The summed E-state index contributed by atoms with van der Waals surface area (Å²) in [6, 6.07) is 0.266. The molecule has 0 atom stereocenters. The highest BCUT2D eigenvalue weighted by Gasteiger charge is 2.05. The standard InChI is InChI=1S/C9H18N6OS/c1-3-16-9-13-7(11-5-4-6-17-2)12-8(14-9)15-10/h3-6,10H2,1-2H3,(H2,11,12,13,14,15). The van der Waals surface area contributed by atoms with Crippen LogP contribution >= 0.6 is 11.8 Å². The van der Waals surface area contributed by atoms with Crippen molar-refractivity contribution in [2.24, 2.45) is 5.84 Å². The van der Waals surface area contributed by atoms with E-state index in [9.17, 15) is 0 Å². The van der Waals surface area contributed by atoms with Gasteiger partial charge < -0.3 is 10.1 Å². The average Bonchev–Trinajstić information content (AvgIpc) is 2.35. The third-order valence-electron chi connectivity index (χ3n) is 1.83. The summed E-state index contributed by atoms with van der Waals surface area (Å²) in [6.07, 6.45) is 3.12. The molecule has 17 heavy (non-hydrogen) atoms. The van der Waals surface area contributed by atoms with Gasteiger partial charge in [-0.2, -0.15) is 26.7 Å². The summed E-state index contributed by atoms with van der Waals surface area (Å²) >= 11 is 1.81. The predicted octanol–water partition coefficient (Wildman–Crippen LogP) is 0.721. The molecule has 0 aliphatic carbocycles. The van der Waals surface area contributed by atoms with Crippen LogP contribution in [0.15, 0.2) is 0 Å². The number of anilines is 2. The number of nitrogens with two attached hydrogens (primary N) is 1. The molecule has 0 unspecified atom stereocenters. The summed E-state index contributed by atoms with van der Waals surface area (Å²) in [5, 5.41) is 3.10. The zero-order valence-electron chi connectivity index (χ0n) is 10.1. The van der Waals surface area contributed by atoms with E-state index in [0.29, 0.717) is 12.6 Å². The Morgan fingerprint density at radius 3 is 2.71 bits per heavy atom. The van der Waals surface area contributed by atoms with E-state index in [4.69, 9.17) is 10.6 Å². The van der Waals surface area contributed by atoms with E-state index in [-0.39, 0.29) is 12.0 Å². The van der Waals surface area contributed by atoms with Gasteiger partial charge in [0.1, 0.15) is 0 Å². The molecule has 0 spiro atoms. The fraction of sp³-hybridized carbons (Fsp3) is 0.667. The molecule has 0 amide bonds. The molecule has 1 aromatic rings. The number of nitrogen functional groups attached to an aromatic ring is 1. The van der Waals surface area contributed by atoms with Crippen LogP contribution < -0.4 is 21.3 Å². The molecule has 7 nitrogen and oxygen atoms in total. The maximum atomic E-state index is 5.27. The summed E-state index contributed by atoms with van der Waals surface area (Å²) in [5.41, 5.74) is 2.38. The van der Waals surface area contributed by atoms with Gasteiger partial charge in [0.25, 0.3) is 0 Å². The Morgan fingerprint density at radius 1 is 1.29 bits per heavy atom. The molecule has 4 N–H and O–H groups in total. The first-order valence-corrected chi connectivity index (χ1v) is 6.77. The number of hydrazine groups is 1. The Morgan fingerprint density at radius 2 is 2.06 bits per heavy atom. The van der Waals surface area contributed by atoms with Gasteiger partial charge >= 0.3 is 6.01 Å². The third kappa shape index (κ3) is 5.05. The number of nitrogens with zero attached hydrogens (tertiary/aromatic N) is 3. The van der Waals surface area contributed by atoms with Crippen LogP contribution in [0.4, 0.5) is 11.9 Å². The van der Waals surface area contributed by atoms with Gasteiger partial charge in [0, 0.05) is 6.54 Å². The second-order valence-electron chi connectivity index (χ2n) is 3.12. The van der Waals surface area contributed by atoms with E-state index in [2.05, 4.69) is 32.0 Å². The van der Waals surface area contributed by atoms with Crippen molar-refractivity contribution in [2.75, 3.05) is 35.9 Å². The minimum Gasteiger partial charge on any atom is -0.464 e. The first kappa shape index (κ1) is 13.8. The van der Waals surface area contributed by atoms with Crippen molar-refractivity contribution >= 4 is 23.7 Å². The third-order valence-corrected chi connectivity index (χ3v) is 2.52. The quantitative estimate of drug-likeness (QED) is 0.356. The predicted molar refractivity (Wildman–Crippen MR) is 70.3 cm³/mol. The van der Waals surface area contributed by atoms with E-state index >= 15 is 0 Å². The number of thioether (sulfide) groups is 1. The van der Waals surface area contributed by atoms with Crippen LogP contribution in [0.2, 0.25) is 0 Å². The molecule has 1 aromatic heterocycles. The van der Waals surface area contributed by atoms with Crippen molar-refractivity contribution in [2.45, 2.75) is 13.3 Å². The second-order valence-corrected chi connectivity index (χ2v) is 4.10. The van der Waals surface area contributed by atoms with Crippen molar-refractivity contribution in [1.29, 1.82) is 0 Å². The highest BCUT2D eigenvalue weighted by atomic mass is 32.2. The molecule has 0 radical (unpaired) electrons. The number of hydrogen-bond donors (Lipinski definition) is 3. The summed E-state index contributed by atoms with van der Waals surface area (Å²) < 4.78 is 5.21. The average molecular weight is 258 g/mol. The maximum absolute atomic E-state index is 5.27. The van der Waals surface area contributed by atoms with Gasteiger partial charge in [-0.1, -0.05) is 0 Å². The zero-order valence-corrected chi connectivity index (χ0v) is 10.9. The van der Waals surface area contributed by atoms with E-state index < -0.39 is 0 Å². The van der Waals surface area contributed by atoms with Crippen molar-refractivity contribution in [1.82, 2.24) is 15.0 Å². The molecule has 8 heteroatoms. The SMILES string of the molecule is CCOc1nc(NN)nc(NCCCSC)n1. The molecule has 0 bridgehead atoms. The lowest BCUT2D eigenvalue weighted by atomic mass is 10.5. The van der Waals surface area contributed by atoms with Crippen LogP contribution in [-0.4, -0.2) is 40.1 Å². The first-order valence-electron chi connectivity index (χ1n) is 5.38. The molecule has 0 aromatic carbocycles. The summed E-state index contributed by atoms with van der Waals surface area (Å²) in [4.78, 5) is 12.1. The van der Waals surface area contributed by atoms with Gasteiger partial charge in [0.2, 0.25) is 11.9 Å². The lowest BCUT2D eigenvalue weighted by molar-refractivity contribution is 0.312. The van der Waals surface area contributed by atoms with Crippen LogP contribution in [0.1, 0.15) is 13.3 Å². The number of aromatic nitrogens is 3. The van der Waals surface area contributed by atoms with Gasteiger partial charge in [0.15, 0.2) is 0 Å². The van der Waals surface area contributed by atoms with Gasteiger partial charge in [-0.15, -0.1) is 0 Å². The number of hydrogen-bond acceptors (Lipinski definition) is 8. The Hall–Kier alpha value is -1.28. The Labute approximate surface area is 105 Å². The lowest BCUT2D eigenvalue weighted by Gasteiger charge is -2.08. The minimum atomic E-state index is 0.266. The Kier molecular flexibility index (Phi) is 6.41. The molecular weight excluding hydrogens is 240 g/mol. The molecule has 0 aliphatic heterocycles. The van der Waals surface area contributed by atoms with Crippen LogP contribution in [0.25, 0.3) is 0 Å². The minimum absolute atomic E-state index is 0.266. The van der Waals surface area contributed by atoms with Crippen LogP contribution in [0.5, 0.6) is 6.01 Å².